The monoisotopic (exact) mass is 369 g/mol. The van der Waals surface area contributed by atoms with Crippen LogP contribution in [0.15, 0.2) is 36.4 Å². The third-order valence-corrected chi connectivity index (χ3v) is 5.97. The molecule has 1 atom stereocenters. The summed E-state index contributed by atoms with van der Waals surface area (Å²) in [6.07, 6.45) is 1.83. The normalized spacial score (nSPS) is 17.0. The summed E-state index contributed by atoms with van der Waals surface area (Å²) in [4.78, 5) is 31.0. The Morgan fingerprint density at radius 1 is 1.27 bits per heavy atom. The van der Waals surface area contributed by atoms with Crippen molar-refractivity contribution in [2.75, 3.05) is 13.7 Å². The molecule has 0 bridgehead atoms. The van der Waals surface area contributed by atoms with E-state index < -0.39 is 5.91 Å². The first-order valence-electron chi connectivity index (χ1n) is 8.44. The number of rotatable bonds is 4. The molecule has 3 N–H and O–H groups in total. The number of H-pyrrole nitrogens is 1. The maximum atomic E-state index is 13.1. The van der Waals surface area contributed by atoms with Crippen LogP contribution in [0.5, 0.6) is 5.75 Å². The summed E-state index contributed by atoms with van der Waals surface area (Å²) in [5.41, 5.74) is 6.82. The van der Waals surface area contributed by atoms with Gasteiger partial charge in [0.2, 0.25) is 0 Å². The van der Waals surface area contributed by atoms with Crippen molar-refractivity contribution >= 4 is 34.1 Å². The largest absolute Gasteiger partial charge is 0.497 e. The summed E-state index contributed by atoms with van der Waals surface area (Å²) in [6.45, 7) is 0.700. The summed E-state index contributed by atoms with van der Waals surface area (Å²) in [6, 6.07) is 11.2. The Kier molecular flexibility index (Phi) is 4.16. The molecule has 0 spiro atoms. The van der Waals surface area contributed by atoms with Gasteiger partial charge in [0.15, 0.2) is 0 Å². The lowest BCUT2D eigenvalue weighted by Crippen LogP contribution is -2.30. The number of benzene rings is 1. The molecule has 4 rings (SSSR count). The van der Waals surface area contributed by atoms with Gasteiger partial charge >= 0.3 is 0 Å². The van der Waals surface area contributed by atoms with Crippen LogP contribution in [-0.2, 0) is 0 Å². The van der Waals surface area contributed by atoms with Crippen molar-refractivity contribution in [3.63, 3.8) is 0 Å². The van der Waals surface area contributed by atoms with Gasteiger partial charge in [-0.3, -0.25) is 9.59 Å². The van der Waals surface area contributed by atoms with Crippen LogP contribution in [0, 0.1) is 0 Å². The number of nitrogens with one attached hydrogen (secondary N) is 1. The molecule has 1 aliphatic heterocycles. The summed E-state index contributed by atoms with van der Waals surface area (Å²) in [7, 11) is 1.62. The smallest absolute Gasteiger partial charge is 0.270 e. The second-order valence-corrected chi connectivity index (χ2v) is 7.47. The van der Waals surface area contributed by atoms with Gasteiger partial charge in [0.25, 0.3) is 11.8 Å². The number of nitrogens with two attached hydrogens (primary N) is 1. The Morgan fingerprint density at radius 3 is 2.85 bits per heavy atom. The molecule has 1 aliphatic rings. The average Bonchev–Trinajstić information content (AvgIpc) is 3.37. The van der Waals surface area contributed by atoms with Gasteiger partial charge in [-0.1, -0.05) is 0 Å². The Morgan fingerprint density at radius 2 is 2.12 bits per heavy atom. The van der Waals surface area contributed by atoms with Crippen LogP contribution in [-0.4, -0.2) is 35.4 Å². The number of primary amides is 1. The first-order valence-corrected chi connectivity index (χ1v) is 9.26. The molecule has 0 radical (unpaired) electrons. The van der Waals surface area contributed by atoms with E-state index in [9.17, 15) is 9.59 Å². The zero-order chi connectivity index (χ0) is 18.3. The fourth-order valence-corrected chi connectivity index (χ4v) is 4.49. The Hall–Kier alpha value is -2.80. The molecule has 2 amide bonds. The predicted molar refractivity (Wildman–Crippen MR) is 101 cm³/mol. The average molecular weight is 369 g/mol. The van der Waals surface area contributed by atoms with Crippen LogP contribution in [0.3, 0.4) is 0 Å². The molecule has 1 unspecified atom stereocenters. The molecule has 6 nitrogen and oxygen atoms in total. The fourth-order valence-electron chi connectivity index (χ4n) is 3.48. The van der Waals surface area contributed by atoms with E-state index in [1.165, 1.54) is 11.3 Å². The van der Waals surface area contributed by atoms with Crippen molar-refractivity contribution in [3.05, 3.63) is 51.8 Å². The molecule has 0 aliphatic carbocycles. The van der Waals surface area contributed by atoms with Crippen LogP contribution in [0.1, 0.15) is 43.9 Å². The summed E-state index contributed by atoms with van der Waals surface area (Å²) in [5, 5.41) is 0.940. The van der Waals surface area contributed by atoms with E-state index >= 15 is 0 Å². The lowest BCUT2D eigenvalue weighted by Gasteiger charge is -2.23. The topological polar surface area (TPSA) is 88.4 Å². The molecule has 1 saturated heterocycles. The molecule has 3 heterocycles. The van der Waals surface area contributed by atoms with Crippen LogP contribution < -0.4 is 10.5 Å². The van der Waals surface area contributed by atoms with E-state index in [2.05, 4.69) is 4.98 Å². The number of carbonyl (C=O) groups is 2. The summed E-state index contributed by atoms with van der Waals surface area (Å²) in [5.74, 6) is 0.297. The third-order valence-electron chi connectivity index (χ3n) is 4.77. The predicted octanol–water partition coefficient (Wildman–Crippen LogP) is 3.31. The minimum absolute atomic E-state index is 0.0125. The van der Waals surface area contributed by atoms with E-state index in [1.807, 2.05) is 35.2 Å². The molecule has 1 aromatic carbocycles. The maximum absolute atomic E-state index is 13.1. The zero-order valence-electron chi connectivity index (χ0n) is 14.3. The number of aromatic nitrogens is 1. The number of thiophene rings is 1. The quantitative estimate of drug-likeness (QED) is 0.739. The molecule has 134 valence electrons. The third kappa shape index (κ3) is 2.84. The number of nitrogens with zero attached hydrogens (tertiary/aromatic N) is 1. The SMILES string of the molecule is COc1ccc2[nH]c(C(=O)N3CCCC3c3ccc(C(N)=O)s3)cc2c1. The van der Waals surface area contributed by atoms with E-state index in [1.54, 1.807) is 13.2 Å². The van der Waals surface area contributed by atoms with Crippen molar-refractivity contribution in [1.82, 2.24) is 9.88 Å². The highest BCUT2D eigenvalue weighted by Crippen LogP contribution is 2.37. The molecule has 7 heteroatoms. The van der Waals surface area contributed by atoms with Gasteiger partial charge in [0.1, 0.15) is 11.4 Å². The standard InChI is InChI=1S/C19H19N3O3S/c1-25-12-4-5-13-11(9-12)10-14(21-13)19(24)22-8-2-3-15(22)16-6-7-17(26-16)18(20)23/h4-7,9-10,15,21H,2-3,8H2,1H3,(H2,20,23). The number of amides is 2. The van der Waals surface area contributed by atoms with Crippen LogP contribution in [0.2, 0.25) is 0 Å². The van der Waals surface area contributed by atoms with Gasteiger partial charge in [-0.05, 0) is 49.2 Å². The molecular weight excluding hydrogens is 350 g/mol. The lowest BCUT2D eigenvalue weighted by atomic mass is 10.2. The number of hydrogen-bond acceptors (Lipinski definition) is 4. The van der Waals surface area contributed by atoms with Crippen LogP contribution in [0.4, 0.5) is 0 Å². The van der Waals surface area contributed by atoms with Crippen molar-refractivity contribution in [1.29, 1.82) is 0 Å². The van der Waals surface area contributed by atoms with E-state index in [0.29, 0.717) is 17.1 Å². The first-order chi connectivity index (χ1) is 12.6. The summed E-state index contributed by atoms with van der Waals surface area (Å²) < 4.78 is 5.24. The fraction of sp³-hybridized carbons (Fsp3) is 0.263. The maximum Gasteiger partial charge on any atom is 0.270 e. The van der Waals surface area contributed by atoms with Crippen molar-refractivity contribution in [3.8, 4) is 5.75 Å². The zero-order valence-corrected chi connectivity index (χ0v) is 15.1. The number of methoxy groups -OCH3 is 1. The highest BCUT2D eigenvalue weighted by Gasteiger charge is 2.32. The van der Waals surface area contributed by atoms with Crippen molar-refractivity contribution in [2.24, 2.45) is 5.73 Å². The summed E-state index contributed by atoms with van der Waals surface area (Å²) >= 11 is 1.37. The lowest BCUT2D eigenvalue weighted by molar-refractivity contribution is 0.0732. The molecule has 3 aromatic rings. The number of fused-ring (bicyclic) bond motifs is 1. The van der Waals surface area contributed by atoms with Gasteiger partial charge in [0.05, 0.1) is 18.0 Å². The van der Waals surface area contributed by atoms with Gasteiger partial charge < -0.3 is 20.4 Å². The van der Waals surface area contributed by atoms with E-state index in [4.69, 9.17) is 10.5 Å². The second-order valence-electron chi connectivity index (χ2n) is 6.36. The molecular formula is C19H19N3O3S. The van der Waals surface area contributed by atoms with E-state index in [-0.39, 0.29) is 11.9 Å². The number of aromatic amines is 1. The molecule has 1 fully saturated rings. The van der Waals surface area contributed by atoms with Crippen LogP contribution in [0.25, 0.3) is 10.9 Å². The van der Waals surface area contributed by atoms with Gasteiger partial charge in [-0.15, -0.1) is 11.3 Å². The van der Waals surface area contributed by atoms with Crippen molar-refractivity contribution in [2.45, 2.75) is 18.9 Å². The highest BCUT2D eigenvalue weighted by atomic mass is 32.1. The Bertz CT molecular complexity index is 991. The van der Waals surface area contributed by atoms with Gasteiger partial charge in [-0.2, -0.15) is 0 Å². The Balaban J connectivity index is 1.62. The second kappa shape index (κ2) is 6.49. The van der Waals surface area contributed by atoms with Gasteiger partial charge in [0, 0.05) is 22.3 Å². The number of ether oxygens (including phenoxy) is 1. The highest BCUT2D eigenvalue weighted by molar-refractivity contribution is 7.14. The van der Waals surface area contributed by atoms with Crippen LogP contribution >= 0.6 is 11.3 Å². The number of likely N-dealkylation sites (tertiary alicyclic amines) is 1. The molecule has 0 saturated carbocycles. The molecule has 2 aromatic heterocycles. The minimum atomic E-state index is -0.429. The molecule has 26 heavy (non-hydrogen) atoms. The van der Waals surface area contributed by atoms with Crippen molar-refractivity contribution < 1.29 is 14.3 Å². The number of carbonyl (C=O) groups excluding carboxylic acids is 2. The number of hydrogen-bond donors (Lipinski definition) is 2. The first kappa shape index (κ1) is 16.7. The Labute approximate surface area is 154 Å². The minimum Gasteiger partial charge on any atom is -0.497 e. The van der Waals surface area contributed by atoms with E-state index in [0.717, 1.165) is 34.4 Å². The van der Waals surface area contributed by atoms with Gasteiger partial charge in [-0.25, -0.2) is 0 Å².